The molecule has 0 bridgehead atoms. The highest BCUT2D eigenvalue weighted by atomic mass is 28.5. The summed E-state index contributed by atoms with van der Waals surface area (Å²) in [5.41, 5.74) is 0.794. The minimum atomic E-state index is -2.57. The lowest BCUT2D eigenvalue weighted by molar-refractivity contribution is 0.164. The predicted octanol–water partition coefficient (Wildman–Crippen LogP) is 6.88. The molecule has 0 radical (unpaired) electrons. The van der Waals surface area contributed by atoms with Gasteiger partial charge in [-0.25, -0.2) is 0 Å². The topological polar surface area (TPSA) is 36.9 Å². The molecule has 8 heteroatoms. The molecule has 0 spiro atoms. The molecule has 1 unspecified atom stereocenters. The summed E-state index contributed by atoms with van der Waals surface area (Å²) in [5, 5.41) is 0. The molecule has 1 saturated heterocycles. The lowest BCUT2D eigenvalue weighted by Crippen LogP contribution is -2.67. The smallest absolute Gasteiger partial charge is 0.321 e. The second-order valence-corrected chi connectivity index (χ2v) is 25.6. The Morgan fingerprint density at radius 1 is 0.630 bits per heavy atom. The summed E-state index contributed by atoms with van der Waals surface area (Å²) >= 11 is 0. The highest BCUT2D eigenvalue weighted by molar-refractivity contribution is 6.93. The largest absolute Gasteiger partial charge is 0.416 e. The molecule has 4 nitrogen and oxygen atoms in total. The second kappa shape index (κ2) is 8.09. The van der Waals surface area contributed by atoms with Gasteiger partial charge in [0.2, 0.25) is 0 Å². The Morgan fingerprint density at radius 2 is 1.00 bits per heavy atom. The fourth-order valence-corrected chi connectivity index (χ4v) is 27.6. The van der Waals surface area contributed by atoms with Gasteiger partial charge in [0.1, 0.15) is 0 Å². The van der Waals surface area contributed by atoms with Crippen molar-refractivity contribution in [3.05, 3.63) is 0 Å². The summed E-state index contributed by atoms with van der Waals surface area (Å²) in [6.07, 6.45) is 3.38. The molecule has 0 amide bonds. The Bertz CT molecular complexity index is 496. The number of hydrogen-bond acceptors (Lipinski definition) is 4. The molecule has 27 heavy (non-hydrogen) atoms. The van der Waals surface area contributed by atoms with Crippen LogP contribution in [0.5, 0.6) is 0 Å². The molecule has 0 aromatic heterocycles. The van der Waals surface area contributed by atoms with E-state index in [0.717, 1.165) is 19.3 Å². The summed E-state index contributed by atoms with van der Waals surface area (Å²) in [5.74, 6) is 0. The van der Waals surface area contributed by atoms with Gasteiger partial charge in [0.15, 0.2) is 0 Å². The molecule has 162 valence electrons. The molecular formula is C19H46O4Si4. The second-order valence-electron chi connectivity index (χ2n) is 11.2. The van der Waals surface area contributed by atoms with E-state index >= 15 is 0 Å². The van der Waals surface area contributed by atoms with Gasteiger partial charge in [-0.2, -0.15) is 0 Å². The first-order chi connectivity index (χ1) is 11.8. The molecule has 1 heterocycles. The van der Waals surface area contributed by atoms with E-state index in [-0.39, 0.29) is 10.8 Å². The Kier molecular flexibility index (Phi) is 7.71. The summed E-state index contributed by atoms with van der Waals surface area (Å²) in [7, 11) is -9.52. The number of hydrogen-bond donors (Lipinski definition) is 0. The van der Waals surface area contributed by atoms with Gasteiger partial charge in [-0.15, -0.1) is 0 Å². The Hall–Kier alpha value is 0.708. The van der Waals surface area contributed by atoms with Gasteiger partial charge < -0.3 is 16.5 Å². The van der Waals surface area contributed by atoms with Gasteiger partial charge in [-0.05, 0) is 63.1 Å². The molecule has 1 aliphatic heterocycles. The fourth-order valence-electron chi connectivity index (χ4n) is 4.50. The first-order valence-corrected chi connectivity index (χ1v) is 21.4. The summed E-state index contributed by atoms with van der Waals surface area (Å²) in [6, 6.07) is 0. The highest BCUT2D eigenvalue weighted by Crippen LogP contribution is 2.52. The molecule has 0 aromatic rings. The van der Waals surface area contributed by atoms with Crippen molar-refractivity contribution < 1.29 is 16.5 Å². The van der Waals surface area contributed by atoms with Gasteiger partial charge in [0.25, 0.3) is 0 Å². The lowest BCUT2D eigenvalue weighted by atomic mass is 9.76. The third kappa shape index (κ3) is 7.16. The Morgan fingerprint density at radius 3 is 1.33 bits per heavy atom. The van der Waals surface area contributed by atoms with E-state index in [1.165, 1.54) is 0 Å². The molecular weight excluding hydrogens is 405 g/mol. The third-order valence-corrected chi connectivity index (χ3v) is 23.4. The van der Waals surface area contributed by atoms with Crippen LogP contribution in [-0.4, -0.2) is 34.2 Å². The summed E-state index contributed by atoms with van der Waals surface area (Å²) < 4.78 is 27.1. The van der Waals surface area contributed by atoms with Crippen molar-refractivity contribution >= 4 is 34.2 Å². The first-order valence-electron chi connectivity index (χ1n) is 10.6. The summed E-state index contributed by atoms with van der Waals surface area (Å²) in [4.78, 5) is 0. The summed E-state index contributed by atoms with van der Waals surface area (Å²) in [6.45, 7) is 29.3. The zero-order chi connectivity index (χ0) is 21.5. The average Bonchev–Trinajstić information content (AvgIpc) is 2.39. The molecule has 1 aliphatic rings. The molecule has 0 aliphatic carbocycles. The first kappa shape index (κ1) is 25.7. The minimum Gasteiger partial charge on any atom is -0.416 e. The molecule has 1 rings (SSSR count). The van der Waals surface area contributed by atoms with Crippen molar-refractivity contribution in [1.82, 2.24) is 0 Å². The van der Waals surface area contributed by atoms with E-state index in [1.54, 1.807) is 0 Å². The zero-order valence-electron chi connectivity index (χ0n) is 20.3. The van der Waals surface area contributed by atoms with Crippen LogP contribution in [0.3, 0.4) is 0 Å². The van der Waals surface area contributed by atoms with Crippen LogP contribution in [0.4, 0.5) is 0 Å². The van der Waals surface area contributed by atoms with Crippen molar-refractivity contribution in [3.8, 4) is 0 Å². The van der Waals surface area contributed by atoms with Gasteiger partial charge in [0, 0.05) is 5.54 Å². The molecule has 0 aromatic carbocycles. The third-order valence-electron chi connectivity index (χ3n) is 6.08. The van der Waals surface area contributed by atoms with Crippen LogP contribution in [0.1, 0.15) is 60.8 Å². The molecule has 1 fully saturated rings. The van der Waals surface area contributed by atoms with Crippen molar-refractivity contribution in [2.45, 2.75) is 112 Å². The van der Waals surface area contributed by atoms with E-state index in [4.69, 9.17) is 16.5 Å². The maximum atomic E-state index is 7.00. The van der Waals surface area contributed by atoms with Crippen LogP contribution in [0.15, 0.2) is 0 Å². The Labute approximate surface area is 173 Å². The molecule has 0 N–H and O–H groups in total. The average molecular weight is 451 g/mol. The van der Waals surface area contributed by atoms with Crippen LogP contribution in [-0.2, 0) is 16.5 Å². The van der Waals surface area contributed by atoms with Gasteiger partial charge in [-0.3, -0.25) is 0 Å². The fraction of sp³-hybridized carbons (Fsp3) is 1.00. The van der Waals surface area contributed by atoms with E-state index in [9.17, 15) is 0 Å². The van der Waals surface area contributed by atoms with Crippen molar-refractivity contribution in [2.24, 2.45) is 10.8 Å². The van der Waals surface area contributed by atoms with Gasteiger partial charge in [0.05, 0.1) is 0 Å². The maximum Gasteiger partial charge on any atom is 0.321 e. The van der Waals surface area contributed by atoms with Crippen LogP contribution in [0.2, 0.25) is 51.4 Å². The molecule has 1 atom stereocenters. The maximum absolute atomic E-state index is 7.00. The highest BCUT2D eigenvalue weighted by Gasteiger charge is 2.58. The monoisotopic (exact) mass is 450 g/mol. The Balaban J connectivity index is 3.46. The van der Waals surface area contributed by atoms with E-state index in [0.29, 0.717) is 5.54 Å². The van der Waals surface area contributed by atoms with E-state index in [1.807, 2.05) is 0 Å². The number of rotatable bonds is 6. The van der Waals surface area contributed by atoms with E-state index in [2.05, 4.69) is 87.4 Å². The van der Waals surface area contributed by atoms with Crippen molar-refractivity contribution in [2.75, 3.05) is 0 Å². The SMILES string of the molecule is CCC(C)(C)CC(C(C)(C)CC)[Si]1(C)O[Si](C)(C)O[Si](C)(C)O[Si](C)(C)O1. The van der Waals surface area contributed by atoms with Crippen molar-refractivity contribution in [1.29, 1.82) is 0 Å². The van der Waals surface area contributed by atoms with Crippen LogP contribution >= 0.6 is 0 Å². The quantitative estimate of drug-likeness (QED) is 0.413. The van der Waals surface area contributed by atoms with Gasteiger partial charge in [-0.1, -0.05) is 54.4 Å². The van der Waals surface area contributed by atoms with E-state index < -0.39 is 34.2 Å². The minimum absolute atomic E-state index is 0.147. The van der Waals surface area contributed by atoms with Crippen molar-refractivity contribution in [3.63, 3.8) is 0 Å². The zero-order valence-corrected chi connectivity index (χ0v) is 24.3. The van der Waals surface area contributed by atoms with Gasteiger partial charge >= 0.3 is 34.2 Å². The standard InChI is InChI=1S/C19H46O4Si4/c1-14-18(3,4)16-17(19(5,6)15-2)27(13)22-25(9,10)20-24(7,8)21-26(11,12)23-27/h17H,14-16H2,1-13H3. The lowest BCUT2D eigenvalue weighted by Gasteiger charge is -2.53. The van der Waals surface area contributed by atoms with Crippen LogP contribution < -0.4 is 0 Å². The predicted molar refractivity (Wildman–Crippen MR) is 125 cm³/mol. The van der Waals surface area contributed by atoms with Crippen LogP contribution in [0.25, 0.3) is 0 Å². The molecule has 0 saturated carbocycles. The normalized spacial score (nSPS) is 26.1. The van der Waals surface area contributed by atoms with Crippen LogP contribution in [0, 0.1) is 10.8 Å².